The Hall–Kier alpha value is -6.40. The summed E-state index contributed by atoms with van der Waals surface area (Å²) < 4.78 is 7.52. The summed E-state index contributed by atoms with van der Waals surface area (Å²) in [5.74, 6) is 5.56. The normalized spacial score (nSPS) is 17.6. The molecular weight excluding hydrogens is 634 g/mol. The minimum Gasteiger partial charge on any atom is -0.451 e. The molecule has 2 fully saturated rings. The maximum absolute atomic E-state index is 13.5. The van der Waals surface area contributed by atoms with Gasteiger partial charge in [0.25, 0.3) is 11.8 Å². The van der Waals surface area contributed by atoms with Gasteiger partial charge in [-0.2, -0.15) is 10.4 Å². The highest BCUT2D eigenvalue weighted by Gasteiger charge is 2.42. The first-order valence-electron chi connectivity index (χ1n) is 16.4. The van der Waals surface area contributed by atoms with Gasteiger partial charge in [0.15, 0.2) is 5.76 Å². The van der Waals surface area contributed by atoms with Gasteiger partial charge in [0, 0.05) is 58.8 Å². The largest absolute Gasteiger partial charge is 0.451 e. The van der Waals surface area contributed by atoms with Crippen LogP contribution in [0.4, 0.5) is 11.4 Å². The van der Waals surface area contributed by atoms with E-state index in [9.17, 15) is 24.4 Å². The molecule has 3 aliphatic heterocycles. The number of carbonyl (C=O) groups is 4. The molecule has 2 saturated heterocycles. The highest BCUT2D eigenvalue weighted by Crippen LogP contribution is 2.38. The van der Waals surface area contributed by atoms with Crippen LogP contribution in [0.15, 0.2) is 71.4 Å². The predicted octanol–water partition coefficient (Wildman–Crippen LogP) is 4.28. The van der Waals surface area contributed by atoms with Crippen molar-refractivity contribution in [3.63, 3.8) is 0 Å². The van der Waals surface area contributed by atoms with E-state index in [4.69, 9.17) is 4.42 Å². The van der Waals surface area contributed by atoms with Crippen molar-refractivity contribution in [1.82, 2.24) is 20.0 Å². The average molecular weight is 666 g/mol. The number of carbonyl (C=O) groups excluding carboxylic acids is 4. The second-order valence-electron chi connectivity index (χ2n) is 13.4. The summed E-state index contributed by atoms with van der Waals surface area (Å²) in [5, 5.41) is 21.7. The number of furan rings is 1. The van der Waals surface area contributed by atoms with E-state index in [1.807, 2.05) is 42.5 Å². The number of anilines is 2. The summed E-state index contributed by atoms with van der Waals surface area (Å²) in [7, 11) is 0. The molecule has 4 amide bonds. The molecule has 2 N–H and O–H groups in total. The van der Waals surface area contributed by atoms with Crippen LogP contribution in [0.25, 0.3) is 21.7 Å². The zero-order chi connectivity index (χ0) is 34.7. The summed E-state index contributed by atoms with van der Waals surface area (Å²) >= 11 is 0. The number of fused-ring (bicyclic) bond motifs is 4. The first-order valence-corrected chi connectivity index (χ1v) is 16.4. The van der Waals surface area contributed by atoms with E-state index in [1.54, 1.807) is 43.1 Å². The van der Waals surface area contributed by atoms with Gasteiger partial charge in [0.05, 0.1) is 35.9 Å². The molecule has 1 atom stereocenters. The molecule has 50 heavy (non-hydrogen) atoms. The molecule has 3 aromatic carbocycles. The summed E-state index contributed by atoms with van der Waals surface area (Å²) in [5.41, 5.74) is 3.21. The molecule has 0 bridgehead atoms. The third-order valence-corrected chi connectivity index (χ3v) is 9.82. The van der Waals surface area contributed by atoms with Crippen LogP contribution >= 0.6 is 0 Å². The highest BCUT2D eigenvalue weighted by molar-refractivity contribution is 6.07. The number of nitriles is 1. The van der Waals surface area contributed by atoms with Gasteiger partial charge in [-0.3, -0.25) is 29.2 Å². The van der Waals surface area contributed by atoms with E-state index in [2.05, 4.69) is 38.5 Å². The molecule has 0 saturated carbocycles. The average Bonchev–Trinajstić information content (AvgIpc) is 3.80. The van der Waals surface area contributed by atoms with E-state index in [1.165, 1.54) is 4.90 Å². The molecule has 0 radical (unpaired) electrons. The Kier molecular flexibility index (Phi) is 7.19. The van der Waals surface area contributed by atoms with Crippen LogP contribution in [0, 0.1) is 29.1 Å². The van der Waals surface area contributed by atoms with Crippen LogP contribution in [-0.2, 0) is 26.5 Å². The Morgan fingerprint density at radius 2 is 1.86 bits per heavy atom. The van der Waals surface area contributed by atoms with Crippen LogP contribution in [0.1, 0.15) is 53.9 Å². The van der Waals surface area contributed by atoms with Crippen LogP contribution in [0.5, 0.6) is 0 Å². The maximum atomic E-state index is 13.5. The van der Waals surface area contributed by atoms with Crippen LogP contribution < -0.4 is 15.5 Å². The lowest BCUT2D eigenvalue weighted by molar-refractivity contribution is -0.137. The smallest absolute Gasteiger partial charge is 0.290 e. The van der Waals surface area contributed by atoms with Crippen molar-refractivity contribution in [2.75, 3.05) is 23.3 Å². The molecule has 8 rings (SSSR count). The molecule has 3 aliphatic rings. The Balaban J connectivity index is 0.917. The number of aromatic nitrogens is 2. The fourth-order valence-electron chi connectivity index (χ4n) is 6.81. The van der Waals surface area contributed by atoms with Crippen LogP contribution in [0.2, 0.25) is 0 Å². The van der Waals surface area contributed by atoms with Gasteiger partial charge in [-0.05, 0) is 50.6 Å². The Morgan fingerprint density at radius 3 is 2.64 bits per heavy atom. The fraction of sp³-hybridized carbons (Fsp3) is 0.263. The van der Waals surface area contributed by atoms with E-state index >= 15 is 0 Å². The van der Waals surface area contributed by atoms with Crippen molar-refractivity contribution in [2.24, 2.45) is 5.92 Å². The Labute approximate surface area is 286 Å². The van der Waals surface area contributed by atoms with Gasteiger partial charge < -0.3 is 19.5 Å². The standard InChI is InChI=1S/C38H31N7O5/c1-38(2,37(49)41-30-11-9-24(16-39)26-5-3-4-6-27(26)30)45-20-22(17-40-45)7-8-23-18-43(19-23)25-10-13-32-28(15-25)29-21-44(36(48)34(29)50-32)31-12-14-33(46)42-35(31)47/h3-6,9-11,13,15,17,20,23,31H,12,14,18-19,21H2,1-2H3,(H,41,49)(H,42,46,47). The van der Waals surface area contributed by atoms with Gasteiger partial charge in [-0.15, -0.1) is 0 Å². The molecule has 12 heteroatoms. The number of rotatable bonds is 5. The van der Waals surface area contributed by atoms with Crippen molar-refractivity contribution in [3.8, 4) is 17.9 Å². The predicted molar refractivity (Wildman–Crippen MR) is 184 cm³/mol. The number of piperidine rings is 1. The molecule has 5 heterocycles. The minimum atomic E-state index is -1.02. The Bertz CT molecular complexity index is 2380. The van der Waals surface area contributed by atoms with E-state index in [0.29, 0.717) is 28.8 Å². The van der Waals surface area contributed by atoms with Crippen molar-refractivity contribution in [1.29, 1.82) is 5.26 Å². The lowest BCUT2D eigenvalue weighted by Crippen LogP contribution is -2.52. The van der Waals surface area contributed by atoms with Gasteiger partial charge in [-0.25, -0.2) is 0 Å². The second-order valence-corrected chi connectivity index (χ2v) is 13.4. The molecule has 1 unspecified atom stereocenters. The molecule has 248 valence electrons. The molecule has 0 aliphatic carbocycles. The molecule has 12 nitrogen and oxygen atoms in total. The summed E-state index contributed by atoms with van der Waals surface area (Å²) in [4.78, 5) is 54.3. The fourth-order valence-corrected chi connectivity index (χ4v) is 6.81. The monoisotopic (exact) mass is 665 g/mol. The summed E-state index contributed by atoms with van der Waals surface area (Å²) in [6.45, 7) is 5.28. The molecule has 5 aromatic rings. The first-order chi connectivity index (χ1) is 24.1. The van der Waals surface area contributed by atoms with Gasteiger partial charge in [-0.1, -0.05) is 36.1 Å². The number of benzene rings is 3. The summed E-state index contributed by atoms with van der Waals surface area (Å²) in [6, 6.07) is 18.3. The van der Waals surface area contributed by atoms with Crippen molar-refractivity contribution in [3.05, 3.63) is 89.4 Å². The van der Waals surface area contributed by atoms with Gasteiger partial charge in [0.1, 0.15) is 17.2 Å². The third-order valence-electron chi connectivity index (χ3n) is 9.82. The number of nitrogens with one attached hydrogen (secondary N) is 2. The van der Waals surface area contributed by atoms with E-state index < -0.39 is 17.5 Å². The topological polar surface area (TPSA) is 154 Å². The number of amides is 4. The van der Waals surface area contributed by atoms with Gasteiger partial charge in [0.2, 0.25) is 11.8 Å². The highest BCUT2D eigenvalue weighted by atomic mass is 16.3. The summed E-state index contributed by atoms with van der Waals surface area (Å²) in [6.07, 6.45) is 3.92. The SMILES string of the molecule is CC(C)(C(=O)Nc1ccc(C#N)c2ccccc12)n1cc(C#CC2CN(c3ccc4oc5c(c4c3)CN(C3CCC(=O)NC3=O)C5=O)C2)cn1. The zero-order valence-electron chi connectivity index (χ0n) is 27.3. The maximum Gasteiger partial charge on any atom is 0.290 e. The van der Waals surface area contributed by atoms with Crippen LogP contribution in [-0.4, -0.2) is 57.4 Å². The van der Waals surface area contributed by atoms with E-state index in [0.717, 1.165) is 40.5 Å². The van der Waals surface area contributed by atoms with Crippen molar-refractivity contribution >= 4 is 56.7 Å². The van der Waals surface area contributed by atoms with Crippen molar-refractivity contribution in [2.45, 2.75) is 44.8 Å². The number of hydrogen-bond acceptors (Lipinski definition) is 8. The molecule has 2 aromatic heterocycles. The quantitative estimate of drug-likeness (QED) is 0.209. The lowest BCUT2D eigenvalue weighted by Gasteiger charge is -2.38. The van der Waals surface area contributed by atoms with Crippen LogP contribution in [0.3, 0.4) is 0 Å². The zero-order valence-corrected chi connectivity index (χ0v) is 27.3. The molecular formula is C38H31N7O5. The number of nitrogens with zero attached hydrogens (tertiary/aromatic N) is 5. The first kappa shape index (κ1) is 30.9. The minimum absolute atomic E-state index is 0.134. The second kappa shape index (κ2) is 11.6. The third kappa shape index (κ3) is 5.13. The number of hydrogen-bond donors (Lipinski definition) is 2. The van der Waals surface area contributed by atoms with Crippen molar-refractivity contribution < 1.29 is 23.6 Å². The Morgan fingerprint density at radius 1 is 1.06 bits per heavy atom. The lowest BCUT2D eigenvalue weighted by atomic mass is 9.99. The number of imide groups is 1. The molecule has 0 spiro atoms. The van der Waals surface area contributed by atoms with E-state index in [-0.39, 0.29) is 42.4 Å². The van der Waals surface area contributed by atoms with Gasteiger partial charge >= 0.3 is 0 Å².